The molecular formula is C22H42N8. The predicted molar refractivity (Wildman–Crippen MR) is 126 cm³/mol. The summed E-state index contributed by atoms with van der Waals surface area (Å²) in [7, 11) is 1.84. The molecule has 8 heteroatoms. The zero-order valence-corrected chi connectivity index (χ0v) is 19.6. The number of hydrogen-bond donors (Lipinski definition) is 2. The third kappa shape index (κ3) is 8.44. The van der Waals surface area contributed by atoms with Crippen molar-refractivity contribution in [3.05, 3.63) is 18.5 Å². The Morgan fingerprint density at radius 2 is 1.60 bits per heavy atom. The summed E-state index contributed by atoms with van der Waals surface area (Å²) < 4.78 is 0. The maximum atomic E-state index is 4.35. The average Bonchev–Trinajstić information content (AvgIpc) is 2.75. The van der Waals surface area contributed by atoms with Gasteiger partial charge in [-0.2, -0.15) is 0 Å². The highest BCUT2D eigenvalue weighted by atomic mass is 15.3. The lowest BCUT2D eigenvalue weighted by atomic mass is 10.2. The van der Waals surface area contributed by atoms with E-state index in [1.165, 1.54) is 0 Å². The molecule has 0 bridgehead atoms. The second-order valence-corrected chi connectivity index (χ2v) is 8.44. The van der Waals surface area contributed by atoms with Gasteiger partial charge in [-0.1, -0.05) is 0 Å². The lowest BCUT2D eigenvalue weighted by Crippen LogP contribution is -2.47. The molecule has 0 saturated carbocycles. The fourth-order valence-electron chi connectivity index (χ4n) is 3.94. The standard InChI is InChI=1S/C22H42N8/c1-19(2)30(20(3)4)14-8-12-25-21(23-5)24-11-7-13-28-15-17-29(18-16-28)22-26-9-6-10-27-22/h6,9-10,19-20H,7-8,11-18H2,1-5H3,(H2,23,24,25). The largest absolute Gasteiger partial charge is 0.356 e. The van der Waals surface area contributed by atoms with E-state index in [1.54, 1.807) is 0 Å². The number of nitrogens with one attached hydrogen (secondary N) is 2. The Morgan fingerprint density at radius 1 is 1.00 bits per heavy atom. The van der Waals surface area contributed by atoms with Crippen LogP contribution in [0.25, 0.3) is 0 Å². The number of rotatable bonds is 11. The summed E-state index contributed by atoms with van der Waals surface area (Å²) in [4.78, 5) is 20.4. The van der Waals surface area contributed by atoms with E-state index in [2.05, 4.69) is 68.0 Å². The first-order valence-electron chi connectivity index (χ1n) is 11.5. The van der Waals surface area contributed by atoms with Crippen molar-refractivity contribution >= 4 is 11.9 Å². The lowest BCUT2D eigenvalue weighted by Gasteiger charge is -2.34. The minimum Gasteiger partial charge on any atom is -0.356 e. The fourth-order valence-corrected chi connectivity index (χ4v) is 3.94. The molecule has 0 radical (unpaired) electrons. The van der Waals surface area contributed by atoms with Crippen molar-refractivity contribution in [2.75, 3.05) is 64.3 Å². The number of aromatic nitrogens is 2. The van der Waals surface area contributed by atoms with Crippen molar-refractivity contribution in [2.45, 2.75) is 52.6 Å². The molecule has 2 heterocycles. The molecule has 1 saturated heterocycles. The first kappa shape index (κ1) is 24.3. The van der Waals surface area contributed by atoms with E-state index in [0.717, 1.165) is 77.1 Å². The summed E-state index contributed by atoms with van der Waals surface area (Å²) in [5, 5.41) is 6.89. The van der Waals surface area contributed by atoms with Crippen LogP contribution in [0.2, 0.25) is 0 Å². The van der Waals surface area contributed by atoms with Gasteiger partial charge in [0.05, 0.1) is 0 Å². The van der Waals surface area contributed by atoms with Crippen LogP contribution in [0.1, 0.15) is 40.5 Å². The van der Waals surface area contributed by atoms with E-state index in [-0.39, 0.29) is 0 Å². The zero-order valence-electron chi connectivity index (χ0n) is 19.6. The number of nitrogens with zero attached hydrogens (tertiary/aromatic N) is 6. The van der Waals surface area contributed by atoms with Gasteiger partial charge in [-0.05, 0) is 53.1 Å². The monoisotopic (exact) mass is 418 g/mol. The molecule has 30 heavy (non-hydrogen) atoms. The van der Waals surface area contributed by atoms with Gasteiger partial charge in [0.2, 0.25) is 5.95 Å². The minimum absolute atomic E-state index is 0.588. The second kappa shape index (κ2) is 13.4. The van der Waals surface area contributed by atoms with Crippen molar-refractivity contribution in [3.63, 3.8) is 0 Å². The van der Waals surface area contributed by atoms with Crippen molar-refractivity contribution in [2.24, 2.45) is 4.99 Å². The van der Waals surface area contributed by atoms with Gasteiger partial charge < -0.3 is 15.5 Å². The summed E-state index contributed by atoms with van der Waals surface area (Å²) in [6.45, 7) is 17.3. The van der Waals surface area contributed by atoms with Gasteiger partial charge in [-0.25, -0.2) is 9.97 Å². The van der Waals surface area contributed by atoms with E-state index in [0.29, 0.717) is 12.1 Å². The first-order chi connectivity index (χ1) is 14.5. The van der Waals surface area contributed by atoms with Crippen LogP contribution in [0.3, 0.4) is 0 Å². The van der Waals surface area contributed by atoms with E-state index < -0.39 is 0 Å². The van der Waals surface area contributed by atoms with Gasteiger partial charge in [-0.15, -0.1) is 0 Å². The third-order valence-corrected chi connectivity index (χ3v) is 5.59. The molecule has 0 amide bonds. The molecule has 0 spiro atoms. The molecule has 2 rings (SSSR count). The zero-order chi connectivity index (χ0) is 21.8. The number of aliphatic imine (C=N–C) groups is 1. The third-order valence-electron chi connectivity index (χ3n) is 5.59. The van der Waals surface area contributed by atoms with Gasteiger partial charge in [0, 0.05) is 77.3 Å². The van der Waals surface area contributed by atoms with Crippen molar-refractivity contribution < 1.29 is 0 Å². The molecule has 1 aliphatic heterocycles. The smallest absolute Gasteiger partial charge is 0.225 e. The number of anilines is 1. The quantitative estimate of drug-likeness (QED) is 0.322. The van der Waals surface area contributed by atoms with Gasteiger partial charge in [0.1, 0.15) is 0 Å². The number of hydrogen-bond acceptors (Lipinski definition) is 6. The normalized spacial score (nSPS) is 16.0. The number of piperazine rings is 1. The van der Waals surface area contributed by atoms with E-state index in [9.17, 15) is 0 Å². The van der Waals surface area contributed by atoms with Gasteiger partial charge in [0.25, 0.3) is 0 Å². The Bertz CT molecular complexity index is 588. The van der Waals surface area contributed by atoms with Crippen LogP contribution in [-0.2, 0) is 0 Å². The fraction of sp³-hybridized carbons (Fsp3) is 0.773. The van der Waals surface area contributed by atoms with Crippen LogP contribution in [0, 0.1) is 0 Å². The molecular weight excluding hydrogens is 376 g/mol. The maximum absolute atomic E-state index is 4.35. The summed E-state index contributed by atoms with van der Waals surface area (Å²) in [6, 6.07) is 3.04. The second-order valence-electron chi connectivity index (χ2n) is 8.44. The highest BCUT2D eigenvalue weighted by Gasteiger charge is 2.18. The lowest BCUT2D eigenvalue weighted by molar-refractivity contribution is 0.173. The van der Waals surface area contributed by atoms with Crippen molar-refractivity contribution in [1.29, 1.82) is 0 Å². The van der Waals surface area contributed by atoms with E-state index in [4.69, 9.17) is 0 Å². The summed E-state index contributed by atoms with van der Waals surface area (Å²) in [5.41, 5.74) is 0. The van der Waals surface area contributed by atoms with Crippen LogP contribution in [0.5, 0.6) is 0 Å². The molecule has 0 atom stereocenters. The van der Waals surface area contributed by atoms with Gasteiger partial charge in [0.15, 0.2) is 5.96 Å². The summed E-state index contributed by atoms with van der Waals surface area (Å²) in [6.07, 6.45) is 5.85. The van der Waals surface area contributed by atoms with Crippen LogP contribution in [0.4, 0.5) is 5.95 Å². The Labute approximate surface area is 183 Å². The Kier molecular flexibility index (Phi) is 10.9. The molecule has 1 aliphatic rings. The first-order valence-corrected chi connectivity index (χ1v) is 11.5. The van der Waals surface area contributed by atoms with E-state index >= 15 is 0 Å². The molecule has 0 aromatic carbocycles. The maximum Gasteiger partial charge on any atom is 0.225 e. The summed E-state index contributed by atoms with van der Waals surface area (Å²) >= 11 is 0. The predicted octanol–water partition coefficient (Wildman–Crippen LogP) is 1.66. The highest BCUT2D eigenvalue weighted by molar-refractivity contribution is 5.79. The van der Waals surface area contributed by atoms with Gasteiger partial charge >= 0.3 is 0 Å². The van der Waals surface area contributed by atoms with Crippen molar-refractivity contribution in [3.8, 4) is 0 Å². The molecule has 170 valence electrons. The highest BCUT2D eigenvalue weighted by Crippen LogP contribution is 2.09. The van der Waals surface area contributed by atoms with E-state index in [1.807, 2.05) is 25.5 Å². The topological polar surface area (TPSA) is 71.9 Å². The SMILES string of the molecule is CN=C(NCCCN1CCN(c2ncccn2)CC1)NCCCN(C(C)C)C(C)C. The molecule has 1 fully saturated rings. The van der Waals surface area contributed by atoms with Crippen molar-refractivity contribution in [1.82, 2.24) is 30.4 Å². The Hall–Kier alpha value is -1.93. The molecule has 1 aromatic rings. The molecule has 0 unspecified atom stereocenters. The van der Waals surface area contributed by atoms with Gasteiger partial charge in [-0.3, -0.25) is 14.8 Å². The minimum atomic E-state index is 0.588. The molecule has 2 N–H and O–H groups in total. The van der Waals surface area contributed by atoms with Crippen LogP contribution >= 0.6 is 0 Å². The van der Waals surface area contributed by atoms with Crippen LogP contribution < -0.4 is 15.5 Å². The molecule has 1 aromatic heterocycles. The molecule has 0 aliphatic carbocycles. The number of guanidine groups is 1. The van der Waals surface area contributed by atoms with Crippen LogP contribution in [0.15, 0.2) is 23.5 Å². The summed E-state index contributed by atoms with van der Waals surface area (Å²) in [5.74, 6) is 1.75. The Morgan fingerprint density at radius 3 is 2.17 bits per heavy atom. The van der Waals surface area contributed by atoms with Crippen LogP contribution in [-0.4, -0.2) is 97.2 Å². The molecule has 8 nitrogen and oxygen atoms in total. The average molecular weight is 419 g/mol. The Balaban J connectivity index is 1.55.